The third kappa shape index (κ3) is 4.78. The Kier molecular flexibility index (Phi) is 6.87. The van der Waals surface area contributed by atoms with Crippen molar-refractivity contribution in [1.29, 1.82) is 0 Å². The van der Waals surface area contributed by atoms with Crippen molar-refractivity contribution >= 4 is 18.5 Å². The van der Waals surface area contributed by atoms with Crippen LogP contribution >= 0.6 is 11.6 Å². The Hall–Kier alpha value is -0.545. The van der Waals surface area contributed by atoms with E-state index in [1.807, 2.05) is 0 Å². The van der Waals surface area contributed by atoms with Crippen molar-refractivity contribution in [3.05, 3.63) is 11.8 Å². The molecule has 2 bridgehead atoms. The summed E-state index contributed by atoms with van der Waals surface area (Å²) in [6.45, 7) is 2.57. The summed E-state index contributed by atoms with van der Waals surface area (Å²) in [5, 5.41) is 0. The molecule has 0 radical (unpaired) electrons. The molecule has 0 amide bonds. The number of hydrogen-bond donors (Lipinski definition) is 0. The standard InChI is InChI=1S/C17H26BClO/c1-15(9-5-3-2-4-6-14-19)20-18-16-10-7-11-17(18)13-8-12-16/h9,16-17H,4-8,10-14H2,1H3/b15-9-. The molecule has 0 N–H and O–H groups in total. The van der Waals surface area contributed by atoms with Crippen LogP contribution < -0.4 is 0 Å². The summed E-state index contributed by atoms with van der Waals surface area (Å²) in [7, 11) is 0. The van der Waals surface area contributed by atoms with Gasteiger partial charge >= 0.3 is 6.92 Å². The van der Waals surface area contributed by atoms with Crippen LogP contribution in [0.15, 0.2) is 11.8 Å². The van der Waals surface area contributed by atoms with Gasteiger partial charge in [-0.25, -0.2) is 0 Å². The predicted octanol–water partition coefficient (Wildman–Crippen LogP) is 5.42. The molecule has 0 saturated carbocycles. The Morgan fingerprint density at radius 3 is 2.45 bits per heavy atom. The number of rotatable bonds is 5. The van der Waals surface area contributed by atoms with Crippen molar-refractivity contribution in [3.8, 4) is 11.8 Å². The van der Waals surface area contributed by atoms with Crippen molar-refractivity contribution in [3.63, 3.8) is 0 Å². The summed E-state index contributed by atoms with van der Waals surface area (Å²) in [5.41, 5.74) is 0. The molecule has 0 aliphatic carbocycles. The van der Waals surface area contributed by atoms with Gasteiger partial charge in [0, 0.05) is 18.7 Å². The van der Waals surface area contributed by atoms with Gasteiger partial charge in [-0.2, -0.15) is 0 Å². The van der Waals surface area contributed by atoms with E-state index in [-0.39, 0.29) is 0 Å². The van der Waals surface area contributed by atoms with Crippen LogP contribution in [0.4, 0.5) is 0 Å². The van der Waals surface area contributed by atoms with Gasteiger partial charge in [-0.05, 0) is 31.1 Å². The van der Waals surface area contributed by atoms with Crippen LogP contribution in [-0.4, -0.2) is 12.8 Å². The van der Waals surface area contributed by atoms with Gasteiger partial charge in [-0.1, -0.05) is 44.4 Å². The highest BCUT2D eigenvalue weighted by Gasteiger charge is 2.42. The second-order valence-electron chi connectivity index (χ2n) is 6.13. The van der Waals surface area contributed by atoms with Crippen LogP contribution in [0, 0.1) is 11.8 Å². The minimum Gasteiger partial charge on any atom is -0.563 e. The maximum absolute atomic E-state index is 6.26. The monoisotopic (exact) mass is 292 g/mol. The zero-order chi connectivity index (χ0) is 14.2. The molecule has 1 nitrogen and oxygen atoms in total. The number of unbranched alkanes of at least 4 members (excludes halogenated alkanes) is 1. The van der Waals surface area contributed by atoms with Crippen molar-refractivity contribution in [2.24, 2.45) is 0 Å². The summed E-state index contributed by atoms with van der Waals surface area (Å²) in [4.78, 5) is 0. The topological polar surface area (TPSA) is 9.23 Å². The van der Waals surface area contributed by atoms with Crippen LogP contribution in [0.3, 0.4) is 0 Å². The number of fused-ring (bicyclic) bond motifs is 2. The largest absolute Gasteiger partial charge is 0.563 e. The first-order valence-corrected chi connectivity index (χ1v) is 8.70. The van der Waals surface area contributed by atoms with Gasteiger partial charge in [0.2, 0.25) is 0 Å². The van der Waals surface area contributed by atoms with Gasteiger partial charge in [-0.3, -0.25) is 0 Å². The molecule has 0 atom stereocenters. The number of alkyl halides is 1. The molecule has 0 spiro atoms. The normalized spacial score (nSPS) is 25.9. The quantitative estimate of drug-likeness (QED) is 0.216. The maximum Gasteiger partial charge on any atom is 0.363 e. The van der Waals surface area contributed by atoms with E-state index in [0.717, 1.165) is 36.7 Å². The molecule has 2 saturated heterocycles. The van der Waals surface area contributed by atoms with Crippen LogP contribution in [0.25, 0.3) is 0 Å². The van der Waals surface area contributed by atoms with Gasteiger partial charge < -0.3 is 4.65 Å². The molecule has 2 aliphatic heterocycles. The summed E-state index contributed by atoms with van der Waals surface area (Å²) >= 11 is 5.62. The molecule has 2 heterocycles. The van der Waals surface area contributed by atoms with Crippen LogP contribution in [0.5, 0.6) is 0 Å². The summed E-state index contributed by atoms with van der Waals surface area (Å²) in [6, 6.07) is 0. The van der Waals surface area contributed by atoms with Gasteiger partial charge in [0.15, 0.2) is 0 Å². The van der Waals surface area contributed by atoms with Gasteiger partial charge in [0.1, 0.15) is 0 Å². The van der Waals surface area contributed by atoms with E-state index in [1.54, 1.807) is 0 Å². The second kappa shape index (κ2) is 8.68. The lowest BCUT2D eigenvalue weighted by molar-refractivity contribution is 0.333. The van der Waals surface area contributed by atoms with E-state index >= 15 is 0 Å². The van der Waals surface area contributed by atoms with Crippen LogP contribution in [-0.2, 0) is 4.65 Å². The zero-order valence-electron chi connectivity index (χ0n) is 12.7. The van der Waals surface area contributed by atoms with Gasteiger partial charge in [0.05, 0.1) is 5.76 Å². The first-order chi connectivity index (χ1) is 9.81. The molecule has 0 aromatic heterocycles. The van der Waals surface area contributed by atoms with Crippen LogP contribution in [0.2, 0.25) is 11.6 Å². The molecule has 2 fully saturated rings. The van der Waals surface area contributed by atoms with E-state index in [0.29, 0.717) is 12.8 Å². The first kappa shape index (κ1) is 15.8. The molecular weight excluding hydrogens is 266 g/mol. The Balaban J connectivity index is 1.77. The lowest BCUT2D eigenvalue weighted by Crippen LogP contribution is -2.36. The van der Waals surface area contributed by atoms with Crippen molar-refractivity contribution < 1.29 is 4.65 Å². The van der Waals surface area contributed by atoms with Crippen molar-refractivity contribution in [1.82, 2.24) is 0 Å². The fourth-order valence-electron chi connectivity index (χ4n) is 3.58. The number of hydrogen-bond acceptors (Lipinski definition) is 1. The van der Waals surface area contributed by atoms with E-state index in [4.69, 9.17) is 16.3 Å². The molecule has 2 aliphatic rings. The minimum atomic E-state index is 0.484. The third-order valence-electron chi connectivity index (χ3n) is 4.60. The highest BCUT2D eigenvalue weighted by Crippen LogP contribution is 2.47. The Labute approximate surface area is 129 Å². The average Bonchev–Trinajstić information content (AvgIpc) is 2.42. The molecular formula is C17H26BClO. The molecule has 0 aromatic rings. The molecule has 20 heavy (non-hydrogen) atoms. The summed E-state index contributed by atoms with van der Waals surface area (Å²) < 4.78 is 6.26. The summed E-state index contributed by atoms with van der Waals surface area (Å²) in [6.07, 6.45) is 13.1. The second-order valence-corrected chi connectivity index (χ2v) is 6.51. The molecule has 0 aromatic carbocycles. The number of halogens is 1. The Morgan fingerprint density at radius 2 is 1.85 bits per heavy atom. The Morgan fingerprint density at radius 1 is 1.20 bits per heavy atom. The van der Waals surface area contributed by atoms with Crippen LogP contribution in [0.1, 0.15) is 64.7 Å². The molecule has 3 heteroatoms. The fourth-order valence-corrected chi connectivity index (χ4v) is 3.71. The predicted molar refractivity (Wildman–Crippen MR) is 88.1 cm³/mol. The minimum absolute atomic E-state index is 0.484. The molecule has 2 rings (SSSR count). The van der Waals surface area contributed by atoms with E-state index < -0.39 is 0 Å². The first-order valence-electron chi connectivity index (χ1n) is 8.16. The third-order valence-corrected chi connectivity index (χ3v) is 4.87. The lowest BCUT2D eigenvalue weighted by atomic mass is 9.38. The SMILES string of the molecule is C/C(=C/CC#CCCCCl)OB1C2CCCC1CCC2. The smallest absolute Gasteiger partial charge is 0.363 e. The highest BCUT2D eigenvalue weighted by molar-refractivity contribution is 6.56. The van der Waals surface area contributed by atoms with E-state index in [9.17, 15) is 0 Å². The van der Waals surface area contributed by atoms with E-state index in [2.05, 4.69) is 24.8 Å². The summed E-state index contributed by atoms with van der Waals surface area (Å²) in [5.74, 6) is 9.71. The van der Waals surface area contributed by atoms with Gasteiger partial charge in [0.25, 0.3) is 0 Å². The zero-order valence-corrected chi connectivity index (χ0v) is 13.4. The lowest BCUT2D eigenvalue weighted by Gasteiger charge is -2.39. The van der Waals surface area contributed by atoms with Gasteiger partial charge in [-0.15, -0.1) is 17.5 Å². The maximum atomic E-state index is 6.26. The van der Waals surface area contributed by atoms with Crippen molar-refractivity contribution in [2.75, 3.05) is 5.88 Å². The number of allylic oxidation sites excluding steroid dienone is 2. The highest BCUT2D eigenvalue weighted by atomic mass is 35.5. The fraction of sp³-hybridized carbons (Fsp3) is 0.765. The van der Waals surface area contributed by atoms with E-state index in [1.165, 1.54) is 38.5 Å². The Bertz CT molecular complexity index is 360. The molecule has 110 valence electrons. The van der Waals surface area contributed by atoms with Crippen molar-refractivity contribution in [2.45, 2.75) is 76.3 Å². The average molecular weight is 293 g/mol. The molecule has 0 unspecified atom stereocenters.